The van der Waals surface area contributed by atoms with Crippen LogP contribution >= 0.6 is 0 Å². The van der Waals surface area contributed by atoms with Gasteiger partial charge in [0.05, 0.1) is 13.7 Å². The molecular formula is C22H30N2O8. The molecule has 1 amide bonds. The number of ether oxygens (including phenoxy) is 5. The van der Waals surface area contributed by atoms with Crippen LogP contribution in [0.3, 0.4) is 0 Å². The number of methoxy groups -OCH3 is 1. The number of aromatic nitrogens is 1. The Morgan fingerprint density at radius 2 is 2.03 bits per heavy atom. The maximum atomic E-state index is 13.0. The van der Waals surface area contributed by atoms with E-state index in [2.05, 4.69) is 10.3 Å². The number of nitrogens with zero attached hydrogens (tertiary/aromatic N) is 1. The highest BCUT2D eigenvalue weighted by atomic mass is 16.7. The molecule has 0 unspecified atom stereocenters. The highest BCUT2D eigenvalue weighted by Gasteiger charge is 2.36. The molecule has 1 aromatic rings. The molecule has 2 aliphatic rings. The van der Waals surface area contributed by atoms with E-state index in [0.29, 0.717) is 12.5 Å². The monoisotopic (exact) mass is 450 g/mol. The minimum absolute atomic E-state index is 0.00583. The SMILES string of the molecule is COc1ccnc(C(=O)N[C@H]2COC[C@@H]3CCCC[C@H]3[C@@H](C)OC2=O)c1OCOC(C)=O. The summed E-state index contributed by atoms with van der Waals surface area (Å²) in [6.07, 6.45) is 5.41. The molecule has 0 radical (unpaired) electrons. The van der Waals surface area contributed by atoms with Crippen LogP contribution in [0.15, 0.2) is 12.3 Å². The first-order valence-electron chi connectivity index (χ1n) is 10.8. The summed E-state index contributed by atoms with van der Waals surface area (Å²) in [5.74, 6) is -0.961. The van der Waals surface area contributed by atoms with Crippen molar-refractivity contribution in [2.45, 2.75) is 51.7 Å². The molecule has 3 rings (SSSR count). The summed E-state index contributed by atoms with van der Waals surface area (Å²) < 4.78 is 26.9. The molecule has 32 heavy (non-hydrogen) atoms. The Balaban J connectivity index is 1.74. The first-order valence-corrected chi connectivity index (χ1v) is 10.8. The quantitative estimate of drug-likeness (QED) is 0.511. The Labute approximate surface area is 186 Å². The summed E-state index contributed by atoms with van der Waals surface area (Å²) in [6, 6.07) is 0.500. The van der Waals surface area contributed by atoms with Crippen LogP contribution in [0, 0.1) is 11.8 Å². The highest BCUT2D eigenvalue weighted by molar-refractivity contribution is 5.98. The van der Waals surface area contributed by atoms with Gasteiger partial charge in [-0.1, -0.05) is 12.8 Å². The number of carbonyl (C=O) groups is 3. The van der Waals surface area contributed by atoms with Gasteiger partial charge < -0.3 is 29.0 Å². The maximum absolute atomic E-state index is 13.0. The van der Waals surface area contributed by atoms with Gasteiger partial charge in [-0.15, -0.1) is 0 Å². The third-order valence-corrected chi connectivity index (χ3v) is 5.85. The summed E-state index contributed by atoms with van der Waals surface area (Å²) in [5, 5.41) is 2.63. The number of cyclic esters (lactones) is 1. The Hall–Kier alpha value is -2.88. The first-order chi connectivity index (χ1) is 15.4. The van der Waals surface area contributed by atoms with Crippen molar-refractivity contribution in [1.29, 1.82) is 0 Å². The number of fused-ring (bicyclic) bond motifs is 1. The molecule has 1 aliphatic carbocycles. The van der Waals surface area contributed by atoms with Crippen molar-refractivity contribution in [1.82, 2.24) is 10.3 Å². The lowest BCUT2D eigenvalue weighted by Crippen LogP contribution is -2.46. The lowest BCUT2D eigenvalue weighted by atomic mass is 9.77. The van der Waals surface area contributed by atoms with Gasteiger partial charge >= 0.3 is 11.9 Å². The molecule has 1 N–H and O–H groups in total. The van der Waals surface area contributed by atoms with Crippen molar-refractivity contribution in [2.24, 2.45) is 11.8 Å². The zero-order valence-corrected chi connectivity index (χ0v) is 18.6. The standard InChI is InChI=1S/C22H30N2O8/c1-13-16-7-5-4-6-15(16)10-29-11-17(22(27)32-13)24-21(26)19-20(31-12-30-14(2)25)18(28-3)8-9-23-19/h8-9,13,15-17H,4-7,10-12H2,1-3H3,(H,24,26)/t13-,15+,16+,17+/m1/s1. The zero-order chi connectivity index (χ0) is 23.1. The Kier molecular flexibility index (Phi) is 8.26. The molecule has 10 nitrogen and oxygen atoms in total. The predicted molar refractivity (Wildman–Crippen MR) is 111 cm³/mol. The van der Waals surface area contributed by atoms with Crippen molar-refractivity contribution in [3.63, 3.8) is 0 Å². The molecule has 1 saturated carbocycles. The van der Waals surface area contributed by atoms with Crippen LogP contribution in [-0.4, -0.2) is 62.1 Å². The van der Waals surface area contributed by atoms with Crippen molar-refractivity contribution < 1.29 is 38.1 Å². The fourth-order valence-electron chi connectivity index (χ4n) is 4.21. The maximum Gasteiger partial charge on any atom is 0.331 e. The molecule has 2 heterocycles. The van der Waals surface area contributed by atoms with E-state index in [1.165, 1.54) is 26.3 Å². The van der Waals surface area contributed by atoms with E-state index in [1.54, 1.807) is 0 Å². The van der Waals surface area contributed by atoms with Crippen LogP contribution in [0.2, 0.25) is 0 Å². The molecule has 1 aliphatic heterocycles. The average Bonchev–Trinajstić information content (AvgIpc) is 2.83. The zero-order valence-electron chi connectivity index (χ0n) is 18.6. The van der Waals surface area contributed by atoms with Gasteiger partial charge in [0.25, 0.3) is 5.91 Å². The van der Waals surface area contributed by atoms with E-state index in [4.69, 9.17) is 23.7 Å². The molecule has 0 aromatic carbocycles. The molecule has 2 fully saturated rings. The topological polar surface area (TPSA) is 122 Å². The minimum atomic E-state index is -1.00. The summed E-state index contributed by atoms with van der Waals surface area (Å²) in [6.45, 7) is 3.22. The van der Waals surface area contributed by atoms with Gasteiger partial charge in [-0.3, -0.25) is 9.59 Å². The first kappa shape index (κ1) is 23.8. The van der Waals surface area contributed by atoms with Crippen LogP contribution < -0.4 is 14.8 Å². The van der Waals surface area contributed by atoms with Gasteiger partial charge in [0.15, 0.2) is 23.2 Å². The highest BCUT2D eigenvalue weighted by Crippen LogP contribution is 2.35. The van der Waals surface area contributed by atoms with Crippen molar-refractivity contribution in [3.8, 4) is 11.5 Å². The number of carbonyl (C=O) groups excluding carboxylic acids is 3. The van der Waals surface area contributed by atoms with Gasteiger partial charge in [0.1, 0.15) is 6.10 Å². The largest absolute Gasteiger partial charge is 0.493 e. The number of nitrogens with one attached hydrogen (secondary N) is 1. The van der Waals surface area contributed by atoms with E-state index in [1.807, 2.05) is 6.92 Å². The molecule has 0 spiro atoms. The van der Waals surface area contributed by atoms with Crippen LogP contribution in [0.1, 0.15) is 50.0 Å². The molecular weight excluding hydrogens is 420 g/mol. The molecule has 4 atom stereocenters. The Bertz CT molecular complexity index is 830. The smallest absolute Gasteiger partial charge is 0.331 e. The molecule has 1 saturated heterocycles. The van der Waals surface area contributed by atoms with E-state index in [0.717, 1.165) is 25.7 Å². The van der Waals surface area contributed by atoms with Gasteiger partial charge in [-0.2, -0.15) is 0 Å². The normalized spacial score (nSPS) is 25.8. The van der Waals surface area contributed by atoms with Crippen molar-refractivity contribution in [3.05, 3.63) is 18.0 Å². The van der Waals surface area contributed by atoms with Gasteiger partial charge in [-0.25, -0.2) is 9.78 Å². The second-order valence-electron chi connectivity index (χ2n) is 8.00. The van der Waals surface area contributed by atoms with Crippen LogP contribution in [0.4, 0.5) is 0 Å². The Morgan fingerprint density at radius 3 is 2.78 bits per heavy atom. The molecule has 10 heteroatoms. The van der Waals surface area contributed by atoms with Crippen LogP contribution in [-0.2, 0) is 23.8 Å². The number of pyridine rings is 1. The average molecular weight is 450 g/mol. The summed E-state index contributed by atoms with van der Waals surface area (Å²) in [4.78, 5) is 40.8. The van der Waals surface area contributed by atoms with E-state index >= 15 is 0 Å². The van der Waals surface area contributed by atoms with Gasteiger partial charge in [-0.05, 0) is 25.7 Å². The van der Waals surface area contributed by atoms with Crippen molar-refractivity contribution >= 4 is 17.8 Å². The third kappa shape index (κ3) is 5.87. The molecule has 1 aromatic heterocycles. The lowest BCUT2D eigenvalue weighted by Gasteiger charge is -2.34. The van der Waals surface area contributed by atoms with Gasteiger partial charge in [0.2, 0.25) is 6.79 Å². The summed E-state index contributed by atoms with van der Waals surface area (Å²) >= 11 is 0. The summed E-state index contributed by atoms with van der Waals surface area (Å²) in [5.41, 5.74) is -0.120. The fourth-order valence-corrected chi connectivity index (χ4v) is 4.21. The molecule has 0 bridgehead atoms. The van der Waals surface area contributed by atoms with E-state index in [9.17, 15) is 14.4 Å². The number of esters is 2. The fraction of sp³-hybridized carbons (Fsp3) is 0.636. The Morgan fingerprint density at radius 1 is 1.25 bits per heavy atom. The number of hydrogen-bond donors (Lipinski definition) is 1. The van der Waals surface area contributed by atoms with Crippen molar-refractivity contribution in [2.75, 3.05) is 27.1 Å². The second-order valence-corrected chi connectivity index (χ2v) is 8.00. The van der Waals surface area contributed by atoms with E-state index in [-0.39, 0.29) is 35.8 Å². The molecule has 176 valence electrons. The predicted octanol–water partition coefficient (Wildman–Crippen LogP) is 1.86. The minimum Gasteiger partial charge on any atom is -0.493 e. The third-order valence-electron chi connectivity index (χ3n) is 5.85. The number of hydrogen-bond acceptors (Lipinski definition) is 9. The number of rotatable bonds is 6. The van der Waals surface area contributed by atoms with E-state index < -0.39 is 30.7 Å². The summed E-state index contributed by atoms with van der Waals surface area (Å²) in [7, 11) is 1.40. The van der Waals surface area contributed by atoms with Crippen LogP contribution in [0.5, 0.6) is 11.5 Å². The number of amides is 1. The second kappa shape index (κ2) is 11.1. The lowest BCUT2D eigenvalue weighted by molar-refractivity contribution is -0.154. The van der Waals surface area contributed by atoms with Crippen LogP contribution in [0.25, 0.3) is 0 Å². The van der Waals surface area contributed by atoms with Gasteiger partial charge in [0, 0.05) is 31.7 Å².